The zero-order valence-corrected chi connectivity index (χ0v) is 12.8. The number of nitrogens with one attached hydrogen (secondary N) is 1. The molecule has 4 nitrogen and oxygen atoms in total. The van der Waals surface area contributed by atoms with E-state index in [4.69, 9.17) is 0 Å². The van der Waals surface area contributed by atoms with Gasteiger partial charge in [-0.2, -0.15) is 0 Å². The lowest BCUT2D eigenvalue weighted by Gasteiger charge is -2.06. The smallest absolute Gasteiger partial charge is 0.273 e. The maximum Gasteiger partial charge on any atom is 0.273 e. The Kier molecular flexibility index (Phi) is 5.41. The Morgan fingerprint density at radius 3 is 2.76 bits per heavy atom. The van der Waals surface area contributed by atoms with Gasteiger partial charge in [0.1, 0.15) is 5.82 Å². The standard InChI is InChI=1S/C15H14BrFN2O2/c16-13-4-5-15(19(20)21)12(9-13)10-18-7-6-11-2-1-3-14(17)8-11/h1-5,8-9,18H,6-7,10H2. The van der Waals surface area contributed by atoms with Crippen LogP contribution < -0.4 is 5.32 Å². The van der Waals surface area contributed by atoms with Crippen molar-refractivity contribution in [3.05, 3.63) is 74.0 Å². The number of nitrogens with zero attached hydrogens (tertiary/aromatic N) is 1. The molecule has 6 heteroatoms. The van der Waals surface area contributed by atoms with Gasteiger partial charge in [-0.3, -0.25) is 10.1 Å². The molecule has 0 aliphatic heterocycles. The Morgan fingerprint density at radius 2 is 2.05 bits per heavy atom. The second-order valence-corrected chi connectivity index (χ2v) is 5.50. The number of rotatable bonds is 6. The third-order valence-corrected chi connectivity index (χ3v) is 3.53. The molecule has 110 valence electrons. The van der Waals surface area contributed by atoms with Crippen LogP contribution in [0.1, 0.15) is 11.1 Å². The van der Waals surface area contributed by atoms with Crippen molar-refractivity contribution in [3.8, 4) is 0 Å². The second-order valence-electron chi connectivity index (χ2n) is 4.59. The molecule has 0 fully saturated rings. The lowest BCUT2D eigenvalue weighted by atomic mass is 10.1. The Morgan fingerprint density at radius 1 is 1.24 bits per heavy atom. The van der Waals surface area contributed by atoms with E-state index in [1.165, 1.54) is 18.2 Å². The summed E-state index contributed by atoms with van der Waals surface area (Å²) in [6.45, 7) is 1.01. The largest absolute Gasteiger partial charge is 0.312 e. The van der Waals surface area contributed by atoms with Gasteiger partial charge < -0.3 is 5.32 Å². The second kappa shape index (κ2) is 7.28. The summed E-state index contributed by atoms with van der Waals surface area (Å²) >= 11 is 3.31. The van der Waals surface area contributed by atoms with E-state index in [2.05, 4.69) is 21.2 Å². The molecule has 0 spiro atoms. The van der Waals surface area contributed by atoms with Gasteiger partial charge in [-0.25, -0.2) is 4.39 Å². The normalized spacial score (nSPS) is 10.6. The first kappa shape index (κ1) is 15.6. The summed E-state index contributed by atoms with van der Waals surface area (Å²) in [4.78, 5) is 10.6. The van der Waals surface area contributed by atoms with E-state index in [0.717, 1.165) is 10.0 Å². The van der Waals surface area contributed by atoms with Gasteiger partial charge in [0.05, 0.1) is 4.92 Å². The van der Waals surface area contributed by atoms with Crippen molar-refractivity contribution in [2.24, 2.45) is 0 Å². The number of hydrogen-bond acceptors (Lipinski definition) is 3. The fourth-order valence-corrected chi connectivity index (χ4v) is 2.43. The Bertz CT molecular complexity index is 649. The zero-order valence-electron chi connectivity index (χ0n) is 11.2. The van der Waals surface area contributed by atoms with E-state index in [9.17, 15) is 14.5 Å². The van der Waals surface area contributed by atoms with Crippen LogP contribution in [0.25, 0.3) is 0 Å². The first-order valence-electron chi connectivity index (χ1n) is 6.44. The lowest BCUT2D eigenvalue weighted by Crippen LogP contribution is -2.17. The van der Waals surface area contributed by atoms with Crippen LogP contribution in [-0.4, -0.2) is 11.5 Å². The molecule has 2 aromatic rings. The molecule has 0 saturated carbocycles. The highest BCUT2D eigenvalue weighted by atomic mass is 79.9. The van der Waals surface area contributed by atoms with Crippen molar-refractivity contribution in [2.75, 3.05) is 6.54 Å². The molecule has 0 saturated heterocycles. The van der Waals surface area contributed by atoms with Crippen molar-refractivity contribution in [1.82, 2.24) is 5.32 Å². The van der Waals surface area contributed by atoms with E-state index in [0.29, 0.717) is 25.1 Å². The molecular formula is C15H14BrFN2O2. The summed E-state index contributed by atoms with van der Waals surface area (Å²) in [5.74, 6) is -0.255. The summed E-state index contributed by atoms with van der Waals surface area (Å²) in [6, 6.07) is 11.3. The van der Waals surface area contributed by atoms with Crippen molar-refractivity contribution in [1.29, 1.82) is 0 Å². The average Bonchev–Trinajstić information content (AvgIpc) is 2.43. The predicted molar refractivity (Wildman–Crippen MR) is 82.6 cm³/mol. The van der Waals surface area contributed by atoms with Crippen LogP contribution in [0.15, 0.2) is 46.9 Å². The van der Waals surface area contributed by atoms with Gasteiger partial charge in [0, 0.05) is 22.6 Å². The summed E-state index contributed by atoms with van der Waals surface area (Å²) in [6.07, 6.45) is 0.666. The van der Waals surface area contributed by atoms with Gasteiger partial charge in [-0.05, 0) is 42.8 Å². The van der Waals surface area contributed by atoms with E-state index in [1.807, 2.05) is 6.07 Å². The van der Waals surface area contributed by atoms with Crippen LogP contribution >= 0.6 is 15.9 Å². The topological polar surface area (TPSA) is 55.2 Å². The molecule has 0 aliphatic carbocycles. The molecule has 0 heterocycles. The number of benzene rings is 2. The molecule has 0 bridgehead atoms. The van der Waals surface area contributed by atoms with Gasteiger partial charge in [0.15, 0.2) is 0 Å². The highest BCUT2D eigenvalue weighted by Gasteiger charge is 2.13. The maximum atomic E-state index is 13.0. The summed E-state index contributed by atoms with van der Waals surface area (Å²) in [5.41, 5.74) is 1.61. The molecule has 0 aliphatic rings. The highest BCUT2D eigenvalue weighted by molar-refractivity contribution is 9.10. The summed E-state index contributed by atoms with van der Waals surface area (Å²) < 4.78 is 13.8. The van der Waals surface area contributed by atoms with Gasteiger partial charge in [-0.15, -0.1) is 0 Å². The van der Waals surface area contributed by atoms with Crippen molar-refractivity contribution >= 4 is 21.6 Å². The van der Waals surface area contributed by atoms with Crippen LogP contribution in [0, 0.1) is 15.9 Å². The van der Waals surface area contributed by atoms with Crippen LogP contribution in [0.2, 0.25) is 0 Å². The molecule has 0 aromatic heterocycles. The number of hydrogen-bond donors (Lipinski definition) is 1. The van der Waals surface area contributed by atoms with Gasteiger partial charge in [0.25, 0.3) is 5.69 Å². The first-order valence-corrected chi connectivity index (χ1v) is 7.23. The quantitative estimate of drug-likeness (QED) is 0.488. The van der Waals surface area contributed by atoms with Crippen molar-refractivity contribution < 1.29 is 9.31 Å². The molecule has 0 amide bonds. The summed E-state index contributed by atoms with van der Waals surface area (Å²) in [5, 5.41) is 14.1. The van der Waals surface area contributed by atoms with Crippen molar-refractivity contribution in [2.45, 2.75) is 13.0 Å². The minimum absolute atomic E-state index is 0.0939. The highest BCUT2D eigenvalue weighted by Crippen LogP contribution is 2.22. The molecule has 0 atom stereocenters. The van der Waals surface area contributed by atoms with Crippen LogP contribution in [0.4, 0.5) is 10.1 Å². The molecule has 2 rings (SSSR count). The SMILES string of the molecule is O=[N+]([O-])c1ccc(Br)cc1CNCCc1cccc(F)c1. The molecule has 1 N–H and O–H groups in total. The van der Waals surface area contributed by atoms with E-state index >= 15 is 0 Å². The minimum atomic E-state index is -0.393. The number of halogens is 2. The van der Waals surface area contributed by atoms with Crippen molar-refractivity contribution in [3.63, 3.8) is 0 Å². The maximum absolute atomic E-state index is 13.0. The molecule has 21 heavy (non-hydrogen) atoms. The summed E-state index contributed by atoms with van der Waals surface area (Å²) in [7, 11) is 0. The Labute approximate surface area is 130 Å². The monoisotopic (exact) mass is 352 g/mol. The fourth-order valence-electron chi connectivity index (χ4n) is 2.02. The number of nitro benzene ring substituents is 1. The first-order chi connectivity index (χ1) is 10.1. The molecule has 0 radical (unpaired) electrons. The van der Waals surface area contributed by atoms with Gasteiger partial charge in [0.2, 0.25) is 0 Å². The predicted octanol–water partition coefficient (Wildman–Crippen LogP) is 3.83. The van der Waals surface area contributed by atoms with Gasteiger partial charge >= 0.3 is 0 Å². The van der Waals surface area contributed by atoms with E-state index < -0.39 is 4.92 Å². The van der Waals surface area contributed by atoms with E-state index in [1.54, 1.807) is 18.2 Å². The fraction of sp³-hybridized carbons (Fsp3) is 0.200. The van der Waals surface area contributed by atoms with E-state index in [-0.39, 0.29) is 11.5 Å². The Balaban J connectivity index is 1.91. The number of nitro groups is 1. The lowest BCUT2D eigenvalue weighted by molar-refractivity contribution is -0.385. The Hall–Kier alpha value is -1.79. The molecular weight excluding hydrogens is 339 g/mol. The van der Waals surface area contributed by atoms with Crippen LogP contribution in [0.5, 0.6) is 0 Å². The minimum Gasteiger partial charge on any atom is -0.312 e. The average molecular weight is 353 g/mol. The third-order valence-electron chi connectivity index (χ3n) is 3.03. The van der Waals surface area contributed by atoms with Crippen LogP contribution in [0.3, 0.4) is 0 Å². The molecule has 2 aromatic carbocycles. The molecule has 0 unspecified atom stereocenters. The zero-order chi connectivity index (χ0) is 15.2. The van der Waals surface area contributed by atoms with Crippen LogP contribution in [-0.2, 0) is 13.0 Å². The van der Waals surface area contributed by atoms with Gasteiger partial charge in [-0.1, -0.05) is 28.1 Å². The third kappa shape index (κ3) is 4.61.